The number of aromatic amines is 1. The molecular formula is C22H24N4O4S. The van der Waals surface area contributed by atoms with Crippen molar-refractivity contribution in [1.82, 2.24) is 19.1 Å². The van der Waals surface area contributed by atoms with E-state index in [0.29, 0.717) is 16.6 Å². The molecule has 0 saturated heterocycles. The zero-order valence-electron chi connectivity index (χ0n) is 17.5. The van der Waals surface area contributed by atoms with Gasteiger partial charge in [-0.3, -0.25) is 14.3 Å². The van der Waals surface area contributed by atoms with Crippen molar-refractivity contribution in [3.05, 3.63) is 63.3 Å². The van der Waals surface area contributed by atoms with Crippen LogP contribution in [-0.4, -0.2) is 42.2 Å². The average Bonchev–Trinajstić information content (AvgIpc) is 3.08. The number of hydrogen-bond acceptors (Lipinski definition) is 6. The van der Waals surface area contributed by atoms with Crippen LogP contribution in [-0.2, 0) is 13.6 Å². The van der Waals surface area contributed by atoms with E-state index in [0.717, 1.165) is 10.8 Å². The van der Waals surface area contributed by atoms with Crippen molar-refractivity contribution in [1.29, 1.82) is 0 Å². The molecule has 0 aliphatic heterocycles. The molecule has 1 atom stereocenters. The minimum absolute atomic E-state index is 0.0448. The number of imidazole rings is 1. The predicted octanol–water partition coefficient (Wildman–Crippen LogP) is 2.52. The van der Waals surface area contributed by atoms with Gasteiger partial charge in [0.05, 0.1) is 6.54 Å². The van der Waals surface area contributed by atoms with Gasteiger partial charge in [0.25, 0.3) is 5.56 Å². The van der Waals surface area contributed by atoms with Crippen molar-refractivity contribution in [3.63, 3.8) is 0 Å². The van der Waals surface area contributed by atoms with E-state index in [1.165, 1.54) is 16.3 Å². The number of aromatic nitrogens is 4. The lowest BCUT2D eigenvalue weighted by Crippen LogP contribution is -2.30. The SMILES string of the molecule is CC(C)Sc1nc2c(c(=O)[nH]c(=O)n2C)n1C[C@@H](O)COc1cccc2ccccc12. The standard InChI is InChI=1S/C22H24N4O4S/c1-13(2)31-22-23-19-18(20(28)24-21(29)25(19)3)26(22)11-15(27)12-30-17-10-6-8-14-7-4-5-9-16(14)17/h4-10,13,15,27H,11-12H2,1-3H3,(H,24,28,29)/t15-/m1/s1. The van der Waals surface area contributed by atoms with Crippen LogP contribution >= 0.6 is 11.8 Å². The van der Waals surface area contributed by atoms with Crippen molar-refractivity contribution >= 4 is 33.7 Å². The summed E-state index contributed by atoms with van der Waals surface area (Å²) >= 11 is 1.46. The van der Waals surface area contributed by atoms with Gasteiger partial charge in [0.15, 0.2) is 16.3 Å². The van der Waals surface area contributed by atoms with Crippen molar-refractivity contribution in [2.24, 2.45) is 7.05 Å². The van der Waals surface area contributed by atoms with Gasteiger partial charge in [-0.2, -0.15) is 0 Å². The fraction of sp³-hybridized carbons (Fsp3) is 0.318. The molecule has 2 aromatic heterocycles. The number of benzene rings is 2. The molecular weight excluding hydrogens is 416 g/mol. The molecule has 31 heavy (non-hydrogen) atoms. The number of H-pyrrole nitrogens is 1. The summed E-state index contributed by atoms with van der Waals surface area (Å²) in [5.74, 6) is 0.685. The quantitative estimate of drug-likeness (QED) is 0.428. The van der Waals surface area contributed by atoms with E-state index in [9.17, 15) is 14.7 Å². The summed E-state index contributed by atoms with van der Waals surface area (Å²) in [7, 11) is 1.56. The number of rotatable bonds is 7. The fourth-order valence-electron chi connectivity index (χ4n) is 3.46. The van der Waals surface area contributed by atoms with Crippen molar-refractivity contribution < 1.29 is 9.84 Å². The highest BCUT2D eigenvalue weighted by molar-refractivity contribution is 7.99. The van der Waals surface area contributed by atoms with Crippen LogP contribution in [0, 0.1) is 0 Å². The summed E-state index contributed by atoms with van der Waals surface area (Å²) in [4.78, 5) is 31.3. The molecule has 0 saturated carbocycles. The molecule has 9 heteroatoms. The van der Waals surface area contributed by atoms with Gasteiger partial charge in [0.2, 0.25) is 0 Å². The Morgan fingerprint density at radius 3 is 2.68 bits per heavy atom. The first-order valence-electron chi connectivity index (χ1n) is 10.00. The lowest BCUT2D eigenvalue weighted by molar-refractivity contribution is 0.0921. The molecule has 2 aromatic carbocycles. The van der Waals surface area contributed by atoms with E-state index in [1.54, 1.807) is 11.6 Å². The third kappa shape index (κ3) is 4.24. The monoisotopic (exact) mass is 440 g/mol. The summed E-state index contributed by atoms with van der Waals surface area (Å²) in [5.41, 5.74) is -0.500. The highest BCUT2D eigenvalue weighted by Gasteiger charge is 2.21. The van der Waals surface area contributed by atoms with Gasteiger partial charge >= 0.3 is 5.69 Å². The molecule has 4 aromatic rings. The largest absolute Gasteiger partial charge is 0.490 e. The van der Waals surface area contributed by atoms with Crippen molar-refractivity contribution in [3.8, 4) is 5.75 Å². The molecule has 0 spiro atoms. The van der Waals surface area contributed by atoms with Crippen molar-refractivity contribution in [2.45, 2.75) is 36.9 Å². The fourth-order valence-corrected chi connectivity index (χ4v) is 4.31. The Morgan fingerprint density at radius 1 is 1.16 bits per heavy atom. The second-order valence-electron chi connectivity index (χ2n) is 7.60. The molecule has 4 rings (SSSR count). The van der Waals surface area contributed by atoms with Crippen LogP contribution in [0.25, 0.3) is 21.9 Å². The Balaban J connectivity index is 1.63. The molecule has 2 heterocycles. The predicted molar refractivity (Wildman–Crippen MR) is 122 cm³/mol. The van der Waals surface area contributed by atoms with Crippen LogP contribution in [0.5, 0.6) is 5.75 Å². The molecule has 0 unspecified atom stereocenters. The molecule has 8 nitrogen and oxygen atoms in total. The minimum Gasteiger partial charge on any atom is -0.490 e. The number of nitrogens with one attached hydrogen (secondary N) is 1. The van der Waals surface area contributed by atoms with Crippen molar-refractivity contribution in [2.75, 3.05) is 6.61 Å². The van der Waals surface area contributed by atoms with Crippen LogP contribution in [0.1, 0.15) is 13.8 Å². The van der Waals surface area contributed by atoms with E-state index in [4.69, 9.17) is 4.74 Å². The van der Waals surface area contributed by atoms with E-state index in [-0.39, 0.29) is 23.9 Å². The smallest absolute Gasteiger partial charge is 0.329 e. The first-order valence-corrected chi connectivity index (χ1v) is 10.9. The first kappa shape index (κ1) is 21.2. The highest BCUT2D eigenvalue weighted by Crippen LogP contribution is 2.27. The molecule has 0 fully saturated rings. The third-order valence-electron chi connectivity index (χ3n) is 4.89. The van der Waals surface area contributed by atoms with Crippen LogP contribution < -0.4 is 16.0 Å². The molecule has 0 bridgehead atoms. The number of aryl methyl sites for hydroxylation is 1. The lowest BCUT2D eigenvalue weighted by Gasteiger charge is -2.16. The molecule has 0 aliphatic rings. The summed E-state index contributed by atoms with van der Waals surface area (Å²) in [5, 5.41) is 13.5. The number of hydrogen-bond donors (Lipinski definition) is 2. The number of thioether (sulfide) groups is 1. The van der Waals surface area contributed by atoms with Gasteiger partial charge in [-0.25, -0.2) is 9.78 Å². The summed E-state index contributed by atoms with van der Waals surface area (Å²) in [6.45, 7) is 4.18. The van der Waals surface area contributed by atoms with E-state index < -0.39 is 17.4 Å². The van der Waals surface area contributed by atoms with Crippen LogP contribution in [0.15, 0.2) is 57.2 Å². The highest BCUT2D eigenvalue weighted by atomic mass is 32.2. The zero-order chi connectivity index (χ0) is 22.1. The number of ether oxygens (including phenoxy) is 1. The Hall–Kier alpha value is -3.04. The van der Waals surface area contributed by atoms with Crippen LogP contribution in [0.2, 0.25) is 0 Å². The number of aliphatic hydroxyl groups excluding tert-OH is 1. The van der Waals surface area contributed by atoms with Gasteiger partial charge < -0.3 is 14.4 Å². The van der Waals surface area contributed by atoms with E-state index in [2.05, 4.69) is 9.97 Å². The van der Waals surface area contributed by atoms with Crippen LogP contribution in [0.3, 0.4) is 0 Å². The Morgan fingerprint density at radius 2 is 1.90 bits per heavy atom. The third-order valence-corrected chi connectivity index (χ3v) is 5.88. The van der Waals surface area contributed by atoms with E-state index in [1.807, 2.05) is 56.3 Å². The molecule has 0 amide bonds. The number of nitrogens with zero attached hydrogens (tertiary/aromatic N) is 3. The Bertz CT molecular complexity index is 1350. The Labute approximate surface area is 182 Å². The summed E-state index contributed by atoms with van der Waals surface area (Å²) in [6.07, 6.45) is -0.889. The number of aliphatic hydroxyl groups is 1. The average molecular weight is 441 g/mol. The zero-order valence-corrected chi connectivity index (χ0v) is 18.3. The summed E-state index contributed by atoms with van der Waals surface area (Å²) < 4.78 is 8.87. The lowest BCUT2D eigenvalue weighted by atomic mass is 10.1. The van der Waals surface area contributed by atoms with E-state index >= 15 is 0 Å². The molecule has 0 radical (unpaired) electrons. The molecule has 162 valence electrons. The normalized spacial score (nSPS) is 12.7. The van der Waals surface area contributed by atoms with Gasteiger partial charge in [-0.05, 0) is 11.5 Å². The Kier molecular flexibility index (Phi) is 5.88. The maximum atomic E-state index is 12.5. The topological polar surface area (TPSA) is 102 Å². The maximum absolute atomic E-state index is 12.5. The van der Waals surface area contributed by atoms with Gasteiger partial charge in [0, 0.05) is 17.7 Å². The van der Waals surface area contributed by atoms with Gasteiger partial charge in [0.1, 0.15) is 18.5 Å². The first-order chi connectivity index (χ1) is 14.8. The van der Waals surface area contributed by atoms with Gasteiger partial charge in [-0.1, -0.05) is 62.0 Å². The second kappa shape index (κ2) is 8.60. The van der Waals surface area contributed by atoms with Crippen LogP contribution in [0.4, 0.5) is 0 Å². The maximum Gasteiger partial charge on any atom is 0.329 e. The minimum atomic E-state index is -0.889. The summed E-state index contributed by atoms with van der Waals surface area (Å²) in [6, 6.07) is 13.6. The van der Waals surface area contributed by atoms with Gasteiger partial charge in [-0.15, -0.1) is 0 Å². The molecule has 2 N–H and O–H groups in total. The second-order valence-corrected chi connectivity index (χ2v) is 9.15. The molecule has 0 aliphatic carbocycles. The number of fused-ring (bicyclic) bond motifs is 2.